The van der Waals surface area contributed by atoms with E-state index in [1.807, 2.05) is 13.1 Å². The summed E-state index contributed by atoms with van der Waals surface area (Å²) in [4.78, 5) is 16.4. The number of aromatic nitrogens is 1. The number of rotatable bonds is 3. The normalized spacial score (nSPS) is 21.7. The van der Waals surface area contributed by atoms with E-state index >= 15 is 0 Å². The highest BCUT2D eigenvalue weighted by atomic mass is 16.1. The molecule has 1 atom stereocenters. The second-order valence-electron chi connectivity index (χ2n) is 5.94. The van der Waals surface area contributed by atoms with Gasteiger partial charge in [-0.1, -0.05) is 26.7 Å². The highest BCUT2D eigenvalue weighted by molar-refractivity contribution is 5.93. The van der Waals surface area contributed by atoms with Crippen LogP contribution in [0.2, 0.25) is 0 Å². The molecule has 1 unspecified atom stereocenters. The third kappa shape index (κ3) is 3.25. The molecule has 1 fully saturated rings. The van der Waals surface area contributed by atoms with E-state index in [1.54, 1.807) is 12.3 Å². The molecule has 19 heavy (non-hydrogen) atoms. The first-order valence-corrected chi connectivity index (χ1v) is 6.97. The standard InChI is InChI=1S/C15H23N3O/c1-15(2)8-5-4-6-13(15)18-14(19)12-10-11(16-3)7-9-17-12/h7,9-10,13H,4-6,8H2,1-3H3,(H,16,17)(H,18,19). The van der Waals surface area contributed by atoms with Gasteiger partial charge in [-0.3, -0.25) is 9.78 Å². The summed E-state index contributed by atoms with van der Waals surface area (Å²) in [6.07, 6.45) is 6.34. The Morgan fingerprint density at radius 2 is 2.21 bits per heavy atom. The predicted octanol–water partition coefficient (Wildman–Crippen LogP) is 2.82. The molecule has 1 aliphatic carbocycles. The first-order chi connectivity index (χ1) is 9.03. The lowest BCUT2D eigenvalue weighted by Gasteiger charge is -2.38. The van der Waals surface area contributed by atoms with Crippen LogP contribution < -0.4 is 10.6 Å². The summed E-state index contributed by atoms with van der Waals surface area (Å²) in [5, 5.41) is 6.17. The van der Waals surface area contributed by atoms with E-state index in [4.69, 9.17) is 0 Å². The molecule has 1 aliphatic rings. The van der Waals surface area contributed by atoms with Crippen LogP contribution in [0.3, 0.4) is 0 Å². The number of carbonyl (C=O) groups excluding carboxylic acids is 1. The fourth-order valence-corrected chi connectivity index (χ4v) is 2.70. The monoisotopic (exact) mass is 261 g/mol. The van der Waals surface area contributed by atoms with Crippen molar-refractivity contribution < 1.29 is 4.79 Å². The van der Waals surface area contributed by atoms with E-state index in [1.165, 1.54) is 19.3 Å². The van der Waals surface area contributed by atoms with Crippen LogP contribution in [-0.4, -0.2) is 24.0 Å². The Labute approximate surface area is 115 Å². The van der Waals surface area contributed by atoms with Gasteiger partial charge in [0, 0.05) is 25.0 Å². The van der Waals surface area contributed by atoms with Crippen molar-refractivity contribution >= 4 is 11.6 Å². The van der Waals surface area contributed by atoms with Crippen LogP contribution in [0.1, 0.15) is 50.0 Å². The maximum Gasteiger partial charge on any atom is 0.270 e. The van der Waals surface area contributed by atoms with E-state index < -0.39 is 0 Å². The fourth-order valence-electron chi connectivity index (χ4n) is 2.70. The molecule has 0 aromatic carbocycles. The summed E-state index contributed by atoms with van der Waals surface area (Å²) < 4.78 is 0. The van der Waals surface area contributed by atoms with Gasteiger partial charge in [-0.15, -0.1) is 0 Å². The molecular formula is C15H23N3O. The van der Waals surface area contributed by atoms with Crippen molar-refractivity contribution in [2.24, 2.45) is 5.41 Å². The van der Waals surface area contributed by atoms with Crippen molar-refractivity contribution in [1.29, 1.82) is 0 Å². The maximum atomic E-state index is 12.3. The lowest BCUT2D eigenvalue weighted by Crippen LogP contribution is -2.47. The van der Waals surface area contributed by atoms with Crippen molar-refractivity contribution in [1.82, 2.24) is 10.3 Å². The predicted molar refractivity (Wildman–Crippen MR) is 77.3 cm³/mol. The molecule has 2 N–H and O–H groups in total. The van der Waals surface area contributed by atoms with E-state index in [2.05, 4.69) is 29.5 Å². The highest BCUT2D eigenvalue weighted by Crippen LogP contribution is 2.35. The van der Waals surface area contributed by atoms with Crippen LogP contribution in [0.5, 0.6) is 0 Å². The third-order valence-electron chi connectivity index (χ3n) is 4.09. The molecule has 104 valence electrons. The molecule has 0 bridgehead atoms. The Kier molecular flexibility index (Phi) is 4.08. The molecule has 1 aromatic heterocycles. The second kappa shape index (κ2) is 5.59. The number of nitrogens with zero attached hydrogens (tertiary/aromatic N) is 1. The molecule has 4 heteroatoms. The van der Waals surface area contributed by atoms with Gasteiger partial charge in [-0.25, -0.2) is 0 Å². The number of nitrogens with one attached hydrogen (secondary N) is 2. The zero-order valence-corrected chi connectivity index (χ0v) is 12.0. The summed E-state index contributed by atoms with van der Waals surface area (Å²) in [5.41, 5.74) is 1.56. The van der Waals surface area contributed by atoms with E-state index in [0.717, 1.165) is 12.1 Å². The van der Waals surface area contributed by atoms with Gasteiger partial charge < -0.3 is 10.6 Å². The van der Waals surface area contributed by atoms with Crippen LogP contribution in [0.4, 0.5) is 5.69 Å². The van der Waals surface area contributed by atoms with Crippen LogP contribution in [0.15, 0.2) is 18.3 Å². The third-order valence-corrected chi connectivity index (χ3v) is 4.09. The van der Waals surface area contributed by atoms with Gasteiger partial charge in [-0.05, 0) is 30.4 Å². The van der Waals surface area contributed by atoms with Crippen LogP contribution in [-0.2, 0) is 0 Å². The lowest BCUT2D eigenvalue weighted by molar-refractivity contribution is 0.0848. The topological polar surface area (TPSA) is 54.0 Å². The number of hydrogen-bond donors (Lipinski definition) is 2. The lowest BCUT2D eigenvalue weighted by atomic mass is 9.73. The molecule has 1 saturated carbocycles. The quantitative estimate of drug-likeness (QED) is 0.879. The average Bonchev–Trinajstić information content (AvgIpc) is 2.41. The molecule has 0 radical (unpaired) electrons. The first-order valence-electron chi connectivity index (χ1n) is 6.97. The average molecular weight is 261 g/mol. The Morgan fingerprint density at radius 1 is 1.42 bits per heavy atom. The van der Waals surface area contributed by atoms with Crippen molar-refractivity contribution in [3.05, 3.63) is 24.0 Å². The van der Waals surface area contributed by atoms with Crippen LogP contribution in [0.25, 0.3) is 0 Å². The van der Waals surface area contributed by atoms with Gasteiger partial charge in [0.05, 0.1) is 0 Å². The smallest absolute Gasteiger partial charge is 0.270 e. The molecule has 4 nitrogen and oxygen atoms in total. The Morgan fingerprint density at radius 3 is 2.89 bits per heavy atom. The minimum absolute atomic E-state index is 0.0722. The molecule has 1 aromatic rings. The van der Waals surface area contributed by atoms with E-state index in [-0.39, 0.29) is 17.4 Å². The number of pyridine rings is 1. The van der Waals surface area contributed by atoms with Crippen molar-refractivity contribution in [2.45, 2.75) is 45.6 Å². The van der Waals surface area contributed by atoms with Gasteiger partial charge in [0.15, 0.2) is 0 Å². The SMILES string of the molecule is CNc1ccnc(C(=O)NC2CCCCC2(C)C)c1. The Hall–Kier alpha value is -1.58. The summed E-state index contributed by atoms with van der Waals surface area (Å²) >= 11 is 0. The fraction of sp³-hybridized carbons (Fsp3) is 0.600. The molecule has 0 aliphatic heterocycles. The van der Waals surface area contributed by atoms with Gasteiger partial charge in [0.25, 0.3) is 5.91 Å². The summed E-state index contributed by atoms with van der Waals surface area (Å²) in [6.45, 7) is 4.46. The second-order valence-corrected chi connectivity index (χ2v) is 5.94. The van der Waals surface area contributed by atoms with E-state index in [9.17, 15) is 4.79 Å². The van der Waals surface area contributed by atoms with Crippen molar-refractivity contribution in [3.63, 3.8) is 0 Å². The highest BCUT2D eigenvalue weighted by Gasteiger charge is 2.33. The Balaban J connectivity index is 2.07. The molecule has 0 spiro atoms. The first kappa shape index (κ1) is 13.8. The molecule has 1 heterocycles. The number of hydrogen-bond acceptors (Lipinski definition) is 3. The Bertz CT molecular complexity index is 456. The summed E-state index contributed by atoms with van der Waals surface area (Å²) in [6, 6.07) is 3.88. The van der Waals surface area contributed by atoms with Crippen LogP contribution in [0, 0.1) is 5.41 Å². The summed E-state index contributed by atoms with van der Waals surface area (Å²) in [7, 11) is 1.83. The number of carbonyl (C=O) groups is 1. The molecule has 0 saturated heterocycles. The van der Waals surface area contributed by atoms with Gasteiger partial charge in [0.1, 0.15) is 5.69 Å². The summed E-state index contributed by atoms with van der Waals surface area (Å²) in [5.74, 6) is -0.0722. The van der Waals surface area contributed by atoms with Gasteiger partial charge >= 0.3 is 0 Å². The molecule has 1 amide bonds. The maximum absolute atomic E-state index is 12.3. The minimum atomic E-state index is -0.0722. The van der Waals surface area contributed by atoms with Crippen molar-refractivity contribution in [3.8, 4) is 0 Å². The number of anilines is 1. The number of amides is 1. The van der Waals surface area contributed by atoms with Crippen LogP contribution >= 0.6 is 0 Å². The van der Waals surface area contributed by atoms with Gasteiger partial charge in [0.2, 0.25) is 0 Å². The molecule has 2 rings (SSSR count). The molecular weight excluding hydrogens is 238 g/mol. The van der Waals surface area contributed by atoms with Crippen molar-refractivity contribution in [2.75, 3.05) is 12.4 Å². The zero-order valence-electron chi connectivity index (χ0n) is 12.0. The largest absolute Gasteiger partial charge is 0.388 e. The van der Waals surface area contributed by atoms with E-state index in [0.29, 0.717) is 5.69 Å². The zero-order chi connectivity index (χ0) is 13.9. The minimum Gasteiger partial charge on any atom is -0.388 e. The van der Waals surface area contributed by atoms with Gasteiger partial charge in [-0.2, -0.15) is 0 Å².